The third kappa shape index (κ3) is 2.94. The van der Waals surface area contributed by atoms with Crippen molar-refractivity contribution in [3.05, 3.63) is 71.2 Å². The molecule has 0 N–H and O–H groups in total. The Morgan fingerprint density at radius 1 is 1.03 bits per heavy atom. The van der Waals surface area contributed by atoms with Gasteiger partial charge in [-0.05, 0) is 29.8 Å². The number of nitriles is 2. The first-order valence-corrected chi connectivity index (χ1v) is 10.3. The second-order valence-corrected chi connectivity index (χ2v) is 8.25. The van der Waals surface area contributed by atoms with Crippen molar-refractivity contribution in [1.29, 1.82) is 10.5 Å². The predicted octanol–water partition coefficient (Wildman–Crippen LogP) is 3.49. The Kier molecular flexibility index (Phi) is 5.37. The quantitative estimate of drug-likeness (QED) is 0.656. The molecule has 0 amide bonds. The van der Waals surface area contributed by atoms with Gasteiger partial charge in [-0.25, -0.2) is 14.0 Å². The monoisotopic (exact) mass is 449 g/mol. The third-order valence-corrected chi connectivity index (χ3v) is 6.99. The van der Waals surface area contributed by atoms with Crippen molar-refractivity contribution >= 4 is 29.4 Å². The van der Waals surface area contributed by atoms with Gasteiger partial charge >= 0.3 is 11.9 Å². The molecule has 0 radical (unpaired) electrons. The van der Waals surface area contributed by atoms with E-state index in [1.807, 2.05) is 0 Å². The molecule has 0 saturated carbocycles. The number of hydrogen-bond acceptors (Lipinski definition) is 8. The number of methoxy groups -OCH3 is 2. The minimum Gasteiger partial charge on any atom is -0.466 e. The van der Waals surface area contributed by atoms with Crippen LogP contribution in [-0.2, 0) is 19.1 Å². The minimum atomic E-state index is -1.82. The third-order valence-electron chi connectivity index (χ3n) is 5.58. The molecule has 2 aromatic rings. The Morgan fingerprint density at radius 3 is 2.25 bits per heavy atom. The zero-order valence-corrected chi connectivity index (χ0v) is 17.9. The number of anilines is 1. The molecule has 0 bridgehead atoms. The van der Waals surface area contributed by atoms with Gasteiger partial charge in [-0.3, -0.25) is 0 Å². The van der Waals surface area contributed by atoms with Crippen LogP contribution in [0.1, 0.15) is 11.5 Å². The molecule has 2 heterocycles. The second-order valence-electron chi connectivity index (χ2n) is 7.13. The molecule has 0 aliphatic carbocycles. The summed E-state index contributed by atoms with van der Waals surface area (Å²) in [4.78, 5) is 28.3. The number of benzene rings is 2. The summed E-state index contributed by atoms with van der Waals surface area (Å²) >= 11 is 1.24. The van der Waals surface area contributed by atoms with Gasteiger partial charge in [0, 0.05) is 4.90 Å². The number of rotatable bonds is 3. The van der Waals surface area contributed by atoms with Crippen molar-refractivity contribution in [2.45, 2.75) is 16.2 Å². The lowest BCUT2D eigenvalue weighted by molar-refractivity contribution is -0.140. The number of para-hydroxylation sites is 1. The van der Waals surface area contributed by atoms with Crippen molar-refractivity contribution in [3.63, 3.8) is 0 Å². The van der Waals surface area contributed by atoms with Crippen LogP contribution in [-0.4, -0.2) is 31.5 Å². The van der Waals surface area contributed by atoms with Crippen LogP contribution in [0, 0.1) is 33.9 Å². The SMILES string of the molecule is COC(=O)C1=C(C(=O)OC)N2c3ccccc3S[C@H]2C(C#N)(C#N)[C@H]1c1ccc(F)cc1. The molecule has 0 unspecified atom stereocenters. The van der Waals surface area contributed by atoms with E-state index in [1.165, 1.54) is 48.0 Å². The zero-order valence-electron chi connectivity index (χ0n) is 17.0. The van der Waals surface area contributed by atoms with E-state index in [-0.39, 0.29) is 11.3 Å². The molecule has 4 rings (SSSR count). The molecule has 2 aromatic carbocycles. The summed E-state index contributed by atoms with van der Waals surface area (Å²) < 4.78 is 23.6. The number of thioether (sulfide) groups is 1. The second kappa shape index (κ2) is 8.03. The molecule has 0 aromatic heterocycles. The van der Waals surface area contributed by atoms with Crippen molar-refractivity contribution in [2.75, 3.05) is 19.1 Å². The fraction of sp³-hybridized carbons (Fsp3) is 0.217. The Labute approximate surface area is 187 Å². The van der Waals surface area contributed by atoms with Crippen LogP contribution < -0.4 is 4.90 Å². The lowest BCUT2D eigenvalue weighted by Gasteiger charge is -2.45. The van der Waals surface area contributed by atoms with Gasteiger partial charge < -0.3 is 14.4 Å². The number of hydrogen-bond donors (Lipinski definition) is 0. The molecular formula is C23H16FN3O4S. The van der Waals surface area contributed by atoms with Gasteiger partial charge in [-0.15, -0.1) is 0 Å². The van der Waals surface area contributed by atoms with Crippen LogP contribution in [0.5, 0.6) is 0 Å². The van der Waals surface area contributed by atoms with Gasteiger partial charge in [0.15, 0.2) is 5.41 Å². The molecule has 9 heteroatoms. The van der Waals surface area contributed by atoms with Crippen molar-refractivity contribution < 1.29 is 23.5 Å². The fourth-order valence-corrected chi connectivity index (χ4v) is 5.64. The molecule has 2 aliphatic heterocycles. The molecule has 32 heavy (non-hydrogen) atoms. The van der Waals surface area contributed by atoms with E-state index in [2.05, 4.69) is 12.1 Å². The number of halogens is 1. The van der Waals surface area contributed by atoms with E-state index in [1.54, 1.807) is 24.3 Å². The van der Waals surface area contributed by atoms with E-state index in [4.69, 9.17) is 9.47 Å². The lowest BCUT2D eigenvalue weighted by atomic mass is 9.66. The number of esters is 2. The number of carbonyl (C=O) groups is 2. The lowest BCUT2D eigenvalue weighted by Crippen LogP contribution is -2.53. The Bertz CT molecular complexity index is 1220. The van der Waals surface area contributed by atoms with E-state index in [0.29, 0.717) is 11.3 Å². The van der Waals surface area contributed by atoms with Gasteiger partial charge in [-0.2, -0.15) is 10.5 Å². The number of fused-ring (bicyclic) bond motifs is 3. The van der Waals surface area contributed by atoms with Gasteiger partial charge in [0.2, 0.25) is 0 Å². The Balaban J connectivity index is 2.13. The average Bonchev–Trinajstić information content (AvgIpc) is 3.22. The van der Waals surface area contributed by atoms with Crippen LogP contribution in [0.15, 0.2) is 64.7 Å². The number of carbonyl (C=O) groups excluding carboxylic acids is 2. The molecule has 7 nitrogen and oxygen atoms in total. The molecule has 2 aliphatic rings. The van der Waals surface area contributed by atoms with Gasteiger partial charge in [-0.1, -0.05) is 36.0 Å². The van der Waals surface area contributed by atoms with Crippen LogP contribution in [0.25, 0.3) is 0 Å². The Morgan fingerprint density at radius 2 is 1.66 bits per heavy atom. The molecule has 160 valence electrons. The molecular weight excluding hydrogens is 433 g/mol. The Hall–Kier alpha value is -3.82. The van der Waals surface area contributed by atoms with Crippen LogP contribution in [0.2, 0.25) is 0 Å². The van der Waals surface area contributed by atoms with E-state index >= 15 is 0 Å². The summed E-state index contributed by atoms with van der Waals surface area (Å²) in [5, 5.41) is 19.8. The van der Waals surface area contributed by atoms with Crippen molar-refractivity contribution in [1.82, 2.24) is 0 Å². The summed E-state index contributed by atoms with van der Waals surface area (Å²) in [6, 6.07) is 16.4. The maximum atomic E-state index is 13.7. The van der Waals surface area contributed by atoms with Gasteiger partial charge in [0.25, 0.3) is 0 Å². The highest BCUT2D eigenvalue weighted by molar-refractivity contribution is 8.00. The maximum absolute atomic E-state index is 13.7. The minimum absolute atomic E-state index is 0.114. The molecule has 0 spiro atoms. The predicted molar refractivity (Wildman–Crippen MR) is 112 cm³/mol. The van der Waals surface area contributed by atoms with Crippen molar-refractivity contribution in [3.8, 4) is 12.1 Å². The molecule has 0 fully saturated rings. The summed E-state index contributed by atoms with van der Waals surface area (Å²) in [5.74, 6) is -3.42. The summed E-state index contributed by atoms with van der Waals surface area (Å²) in [5.41, 5.74) is -1.23. The summed E-state index contributed by atoms with van der Waals surface area (Å²) in [6.07, 6.45) is 0. The van der Waals surface area contributed by atoms with Gasteiger partial charge in [0.05, 0.1) is 43.5 Å². The van der Waals surface area contributed by atoms with E-state index < -0.39 is 34.5 Å². The largest absolute Gasteiger partial charge is 0.466 e. The first kappa shape index (κ1) is 21.4. The van der Waals surface area contributed by atoms with Crippen molar-refractivity contribution in [2.24, 2.45) is 5.41 Å². The van der Waals surface area contributed by atoms with Crippen LogP contribution in [0.4, 0.5) is 10.1 Å². The smallest absolute Gasteiger partial charge is 0.355 e. The highest BCUT2D eigenvalue weighted by Crippen LogP contribution is 2.60. The maximum Gasteiger partial charge on any atom is 0.355 e. The zero-order chi connectivity index (χ0) is 23.0. The van der Waals surface area contributed by atoms with E-state index in [0.717, 1.165) is 12.0 Å². The molecule has 0 saturated heterocycles. The van der Waals surface area contributed by atoms with Crippen LogP contribution in [0.3, 0.4) is 0 Å². The summed E-state index contributed by atoms with van der Waals surface area (Å²) in [6.45, 7) is 0. The standard InChI is InChI=1S/C23H16FN3O4S/c1-30-20(28)17-18(13-7-9-14(24)10-8-13)23(11-25,12-26)22-27(19(17)21(29)31-2)15-5-3-4-6-16(15)32-22/h3-10,18,22H,1-2H3/t18-,22-/m0/s1. The highest BCUT2D eigenvalue weighted by Gasteiger charge is 2.62. The number of ether oxygens (including phenoxy) is 2. The summed E-state index contributed by atoms with van der Waals surface area (Å²) in [7, 11) is 2.32. The normalized spacial score (nSPS) is 20.5. The topological polar surface area (TPSA) is 103 Å². The first-order valence-electron chi connectivity index (χ1n) is 9.47. The van der Waals surface area contributed by atoms with E-state index in [9.17, 15) is 24.5 Å². The molecule has 2 atom stereocenters. The number of nitrogens with zero attached hydrogens (tertiary/aromatic N) is 3. The first-order chi connectivity index (χ1) is 15.4. The fourth-order valence-electron chi connectivity index (χ4n) is 4.20. The van der Waals surface area contributed by atoms with Crippen LogP contribution >= 0.6 is 11.8 Å². The average molecular weight is 449 g/mol. The highest BCUT2D eigenvalue weighted by atomic mass is 32.2. The van der Waals surface area contributed by atoms with Gasteiger partial charge in [0.1, 0.15) is 16.9 Å².